The minimum atomic E-state index is 0.387. The van der Waals surface area contributed by atoms with Crippen LogP contribution in [0.15, 0.2) is 77.9 Å². The summed E-state index contributed by atoms with van der Waals surface area (Å²) in [7, 11) is 1.64. The quantitative estimate of drug-likeness (QED) is 0.451. The molecule has 0 aliphatic rings. The smallest absolute Gasteiger partial charge is 0.125 e. The highest BCUT2D eigenvalue weighted by atomic mass is 35.5. The number of rotatable bonds is 7. The van der Waals surface area contributed by atoms with Gasteiger partial charge in [0.15, 0.2) is 0 Å². The summed E-state index contributed by atoms with van der Waals surface area (Å²) >= 11 is 5.89. The van der Waals surface area contributed by atoms with E-state index < -0.39 is 0 Å². The third-order valence-corrected chi connectivity index (χ3v) is 3.95. The summed E-state index contributed by atoms with van der Waals surface area (Å²) in [6.07, 6.45) is 1.76. The van der Waals surface area contributed by atoms with E-state index in [0.29, 0.717) is 11.6 Å². The van der Waals surface area contributed by atoms with Crippen molar-refractivity contribution in [3.63, 3.8) is 0 Å². The molecule has 4 nitrogen and oxygen atoms in total. The number of hydrogen-bond donors (Lipinski definition) is 1. The number of para-hydroxylation sites is 1. The highest BCUT2D eigenvalue weighted by Gasteiger charge is 2.05. The molecule has 132 valence electrons. The minimum Gasteiger partial charge on any atom is -0.496 e. The molecule has 0 aliphatic heterocycles. The van der Waals surface area contributed by atoms with Crippen LogP contribution < -0.4 is 14.9 Å². The standard InChI is InChI=1S/C21H19ClN2O2/c1-25-21-12-7-16(14-23-24-19-5-3-2-4-6-19)13-17(21)15-26-20-10-8-18(22)9-11-20/h2-14,24H,15H2,1H3. The van der Waals surface area contributed by atoms with Crippen LogP contribution in [0, 0.1) is 0 Å². The van der Waals surface area contributed by atoms with E-state index in [-0.39, 0.29) is 0 Å². The van der Waals surface area contributed by atoms with Crippen LogP contribution in [-0.4, -0.2) is 13.3 Å². The average molecular weight is 367 g/mol. The van der Waals surface area contributed by atoms with E-state index in [1.54, 1.807) is 25.5 Å². The van der Waals surface area contributed by atoms with Crippen LogP contribution in [0.4, 0.5) is 5.69 Å². The van der Waals surface area contributed by atoms with Crippen molar-refractivity contribution in [2.45, 2.75) is 6.61 Å². The third-order valence-electron chi connectivity index (χ3n) is 3.69. The Kier molecular flexibility index (Phi) is 6.12. The van der Waals surface area contributed by atoms with Crippen molar-refractivity contribution in [1.29, 1.82) is 0 Å². The molecule has 26 heavy (non-hydrogen) atoms. The SMILES string of the molecule is COc1ccc(C=NNc2ccccc2)cc1COc1ccc(Cl)cc1. The van der Waals surface area contributed by atoms with E-state index in [1.807, 2.05) is 60.7 Å². The predicted molar refractivity (Wildman–Crippen MR) is 106 cm³/mol. The lowest BCUT2D eigenvalue weighted by molar-refractivity contribution is 0.296. The number of methoxy groups -OCH3 is 1. The Morgan fingerprint density at radius 1 is 1.00 bits per heavy atom. The molecule has 0 aromatic heterocycles. The van der Waals surface area contributed by atoms with Gasteiger partial charge in [-0.05, 0) is 60.2 Å². The maximum Gasteiger partial charge on any atom is 0.125 e. The summed E-state index contributed by atoms with van der Waals surface area (Å²) in [6, 6.07) is 22.9. The fourth-order valence-electron chi connectivity index (χ4n) is 2.38. The van der Waals surface area contributed by atoms with Crippen molar-refractivity contribution in [2.24, 2.45) is 5.10 Å². The Morgan fingerprint density at radius 3 is 2.50 bits per heavy atom. The number of anilines is 1. The van der Waals surface area contributed by atoms with Crippen molar-refractivity contribution in [1.82, 2.24) is 0 Å². The lowest BCUT2D eigenvalue weighted by Crippen LogP contribution is -2.00. The van der Waals surface area contributed by atoms with Gasteiger partial charge in [-0.2, -0.15) is 5.10 Å². The topological polar surface area (TPSA) is 42.8 Å². The van der Waals surface area contributed by atoms with Crippen LogP contribution in [-0.2, 0) is 6.61 Å². The van der Waals surface area contributed by atoms with E-state index in [2.05, 4.69) is 10.5 Å². The van der Waals surface area contributed by atoms with Gasteiger partial charge in [-0.3, -0.25) is 5.43 Å². The van der Waals surface area contributed by atoms with Crippen molar-refractivity contribution >= 4 is 23.5 Å². The Bertz CT molecular complexity index is 865. The number of ether oxygens (including phenoxy) is 2. The molecule has 0 aliphatic carbocycles. The Hall–Kier alpha value is -2.98. The molecule has 0 radical (unpaired) electrons. The number of halogens is 1. The van der Waals surface area contributed by atoms with Crippen molar-refractivity contribution in [3.05, 3.63) is 88.9 Å². The normalized spacial score (nSPS) is 10.7. The van der Waals surface area contributed by atoms with Crippen molar-refractivity contribution in [2.75, 3.05) is 12.5 Å². The maximum atomic E-state index is 5.89. The second-order valence-electron chi connectivity index (χ2n) is 5.55. The molecule has 0 amide bonds. The molecule has 0 saturated carbocycles. The van der Waals surface area contributed by atoms with Gasteiger partial charge in [0.2, 0.25) is 0 Å². The van der Waals surface area contributed by atoms with Crippen LogP contribution in [0.5, 0.6) is 11.5 Å². The van der Waals surface area contributed by atoms with Crippen LogP contribution in [0.1, 0.15) is 11.1 Å². The van der Waals surface area contributed by atoms with Gasteiger partial charge in [0.25, 0.3) is 0 Å². The first-order valence-corrected chi connectivity index (χ1v) is 8.52. The van der Waals surface area contributed by atoms with Crippen LogP contribution >= 0.6 is 11.6 Å². The maximum absolute atomic E-state index is 5.89. The predicted octanol–water partition coefficient (Wildman–Crippen LogP) is 5.37. The summed E-state index contributed by atoms with van der Waals surface area (Å²) in [5.74, 6) is 1.52. The van der Waals surface area contributed by atoms with Gasteiger partial charge in [-0.25, -0.2) is 0 Å². The molecule has 1 N–H and O–H groups in total. The summed E-state index contributed by atoms with van der Waals surface area (Å²) in [5, 5.41) is 4.94. The first kappa shape index (κ1) is 17.8. The van der Waals surface area contributed by atoms with Gasteiger partial charge < -0.3 is 9.47 Å². The van der Waals surface area contributed by atoms with Crippen LogP contribution in [0.2, 0.25) is 5.02 Å². The molecule has 3 aromatic rings. The summed E-state index contributed by atoms with van der Waals surface area (Å²) in [6.45, 7) is 0.387. The minimum absolute atomic E-state index is 0.387. The van der Waals surface area contributed by atoms with E-state index in [4.69, 9.17) is 21.1 Å². The molecule has 5 heteroatoms. The van der Waals surface area contributed by atoms with E-state index in [9.17, 15) is 0 Å². The first-order chi connectivity index (χ1) is 12.7. The fourth-order valence-corrected chi connectivity index (χ4v) is 2.50. The molecular formula is C21H19ClN2O2. The largest absolute Gasteiger partial charge is 0.496 e. The zero-order valence-electron chi connectivity index (χ0n) is 14.4. The number of nitrogens with zero attached hydrogens (tertiary/aromatic N) is 1. The molecule has 0 unspecified atom stereocenters. The molecule has 0 saturated heterocycles. The van der Waals surface area contributed by atoms with E-state index in [0.717, 1.165) is 28.3 Å². The summed E-state index contributed by atoms with van der Waals surface area (Å²) in [4.78, 5) is 0. The first-order valence-electron chi connectivity index (χ1n) is 8.14. The number of nitrogens with one attached hydrogen (secondary N) is 1. The molecule has 0 bridgehead atoms. The molecule has 0 spiro atoms. The van der Waals surface area contributed by atoms with Gasteiger partial charge >= 0.3 is 0 Å². The molecule has 3 aromatic carbocycles. The van der Waals surface area contributed by atoms with Gasteiger partial charge in [0, 0.05) is 10.6 Å². The highest BCUT2D eigenvalue weighted by Crippen LogP contribution is 2.22. The Morgan fingerprint density at radius 2 is 1.77 bits per heavy atom. The number of hydrazone groups is 1. The zero-order chi connectivity index (χ0) is 18.2. The van der Waals surface area contributed by atoms with Gasteiger partial charge in [-0.1, -0.05) is 29.8 Å². The van der Waals surface area contributed by atoms with E-state index in [1.165, 1.54) is 0 Å². The summed E-state index contributed by atoms with van der Waals surface area (Å²) < 4.78 is 11.2. The molecule has 0 heterocycles. The molecule has 0 atom stereocenters. The molecule has 0 fully saturated rings. The number of benzene rings is 3. The third kappa shape index (κ3) is 5.01. The van der Waals surface area contributed by atoms with Gasteiger partial charge in [0.1, 0.15) is 18.1 Å². The Labute approximate surface area is 158 Å². The number of hydrogen-bond acceptors (Lipinski definition) is 4. The van der Waals surface area contributed by atoms with Crippen LogP contribution in [0.3, 0.4) is 0 Å². The van der Waals surface area contributed by atoms with Crippen molar-refractivity contribution < 1.29 is 9.47 Å². The fraction of sp³-hybridized carbons (Fsp3) is 0.0952. The second-order valence-corrected chi connectivity index (χ2v) is 5.99. The second kappa shape index (κ2) is 8.92. The van der Waals surface area contributed by atoms with Gasteiger partial charge in [0.05, 0.1) is 19.0 Å². The molecule has 3 rings (SSSR count). The summed E-state index contributed by atoms with van der Waals surface area (Å²) in [5.41, 5.74) is 5.82. The highest BCUT2D eigenvalue weighted by molar-refractivity contribution is 6.30. The molecular weight excluding hydrogens is 348 g/mol. The zero-order valence-corrected chi connectivity index (χ0v) is 15.1. The van der Waals surface area contributed by atoms with Gasteiger partial charge in [-0.15, -0.1) is 0 Å². The lowest BCUT2D eigenvalue weighted by atomic mass is 10.1. The Balaban J connectivity index is 1.68. The monoisotopic (exact) mass is 366 g/mol. The average Bonchev–Trinajstić information content (AvgIpc) is 2.68. The van der Waals surface area contributed by atoms with Crippen molar-refractivity contribution in [3.8, 4) is 11.5 Å². The lowest BCUT2D eigenvalue weighted by Gasteiger charge is -2.11. The van der Waals surface area contributed by atoms with Crippen LogP contribution in [0.25, 0.3) is 0 Å². The van der Waals surface area contributed by atoms with E-state index >= 15 is 0 Å².